The van der Waals surface area contributed by atoms with E-state index in [1.165, 1.54) is 6.92 Å². The molecular weight excluding hydrogens is 665 g/mol. The summed E-state index contributed by atoms with van der Waals surface area (Å²) in [5, 5.41) is 70.5. The molecule has 0 saturated carbocycles. The number of aliphatic carboxylic acids is 1. The fraction of sp³-hybridized carbons (Fsp3) is 0.833. The first-order valence-corrected chi connectivity index (χ1v) is 15.7. The summed E-state index contributed by atoms with van der Waals surface area (Å²) in [6.07, 6.45) is -21.9. The van der Waals surface area contributed by atoms with E-state index in [0.29, 0.717) is 0 Å². The minimum Gasteiger partial charge on any atom is -0.479 e. The Kier molecular flexibility index (Phi) is 13.2. The van der Waals surface area contributed by atoms with Crippen LogP contribution >= 0.6 is 7.82 Å². The highest BCUT2D eigenvalue weighted by Crippen LogP contribution is 2.41. The lowest BCUT2D eigenvalue weighted by molar-refractivity contribution is -0.348. The van der Waals surface area contributed by atoms with Crippen LogP contribution in [0.1, 0.15) is 27.7 Å². The van der Waals surface area contributed by atoms with Crippen molar-refractivity contribution in [2.24, 2.45) is 0 Å². The zero-order valence-corrected chi connectivity index (χ0v) is 26.3. The second-order valence-electron chi connectivity index (χ2n) is 11.1. The Morgan fingerprint density at radius 1 is 0.702 bits per heavy atom. The molecule has 0 unspecified atom stereocenters. The number of aliphatic hydroxyl groups is 5. The Morgan fingerprint density at radius 2 is 1.19 bits per heavy atom. The van der Waals surface area contributed by atoms with Gasteiger partial charge in [-0.1, -0.05) is 0 Å². The summed E-state index contributed by atoms with van der Waals surface area (Å²) in [5.41, 5.74) is 0. The molecule has 270 valence electrons. The van der Waals surface area contributed by atoms with Crippen molar-refractivity contribution in [3.63, 3.8) is 0 Å². The van der Waals surface area contributed by atoms with Crippen LogP contribution in [0.4, 0.5) is 0 Å². The first-order chi connectivity index (χ1) is 21.7. The molecule has 0 bridgehead atoms. The molecule has 0 radical (unpaired) electrons. The number of hydrogen-bond donors (Lipinski definition) is 11. The molecule has 3 aliphatic rings. The first-order valence-electron chi connectivity index (χ1n) is 14.1. The molecule has 3 heterocycles. The predicted molar refractivity (Wildman–Crippen MR) is 146 cm³/mol. The Labute approximate surface area is 266 Å². The van der Waals surface area contributed by atoms with Gasteiger partial charge < -0.3 is 80.1 Å². The van der Waals surface area contributed by atoms with Crippen molar-refractivity contribution >= 4 is 31.5 Å². The molecule has 47 heavy (non-hydrogen) atoms. The van der Waals surface area contributed by atoms with Crippen molar-refractivity contribution < 1.29 is 92.4 Å². The van der Waals surface area contributed by atoms with Gasteiger partial charge in [-0.25, -0.2) is 9.36 Å². The van der Waals surface area contributed by atoms with E-state index >= 15 is 0 Å². The normalized spacial score (nSPS) is 41.0. The second-order valence-corrected chi connectivity index (χ2v) is 12.3. The minimum atomic E-state index is -5.29. The number of nitrogens with one attached hydrogen (secondary N) is 3. The number of aliphatic hydroxyl groups excluding tert-OH is 5. The first kappa shape index (κ1) is 39.0. The standard InChI is InChI=1S/C24H40N3O19P/c1-6-11(25-7(2)29)14(32)17(35)24(41-6)44-19-16(34)12(26-8(3)30)22(45-20(19)21(36)37)43-18-10(5-28)42-23(46-47(38,39)40)13(15(18)33)27-9(4)31/h6,10-20,22-24,28,32-35H,5H2,1-4H3,(H,25,29)(H,26,30)(H,27,31)(H,36,37)(H2,38,39,40)/t6-,10-,11+,12+,13-,14+,15-,16-,17-,18-,19+,20+,22-,23-,24-/m1/s1. The largest absolute Gasteiger partial charge is 0.479 e. The van der Waals surface area contributed by atoms with E-state index in [-0.39, 0.29) is 0 Å². The van der Waals surface area contributed by atoms with Gasteiger partial charge >= 0.3 is 13.8 Å². The Hall–Kier alpha value is -2.41. The number of carbonyl (C=O) groups excluding carboxylic acids is 3. The quantitative estimate of drug-likeness (QED) is 0.0891. The third kappa shape index (κ3) is 9.61. The van der Waals surface area contributed by atoms with E-state index in [9.17, 15) is 64.2 Å². The summed E-state index contributed by atoms with van der Waals surface area (Å²) in [7, 11) is -5.29. The van der Waals surface area contributed by atoms with Gasteiger partial charge in [0.15, 0.2) is 25.0 Å². The third-order valence-corrected chi connectivity index (χ3v) is 7.94. The molecule has 0 aliphatic carbocycles. The van der Waals surface area contributed by atoms with Gasteiger partial charge in [-0.2, -0.15) is 0 Å². The van der Waals surface area contributed by atoms with E-state index in [0.717, 1.165) is 20.8 Å². The van der Waals surface area contributed by atoms with Gasteiger partial charge in [0.2, 0.25) is 17.7 Å². The van der Waals surface area contributed by atoms with Gasteiger partial charge in [-0.15, -0.1) is 0 Å². The molecule has 3 amide bonds. The van der Waals surface area contributed by atoms with Crippen LogP contribution in [0.5, 0.6) is 0 Å². The van der Waals surface area contributed by atoms with Crippen molar-refractivity contribution in [1.29, 1.82) is 0 Å². The van der Waals surface area contributed by atoms with E-state index in [4.69, 9.17) is 23.7 Å². The predicted octanol–water partition coefficient (Wildman–Crippen LogP) is -5.90. The van der Waals surface area contributed by atoms with Crippen molar-refractivity contribution in [3.05, 3.63) is 0 Å². The smallest absolute Gasteiger partial charge is 0.472 e. The summed E-state index contributed by atoms with van der Waals surface area (Å²) >= 11 is 0. The molecular formula is C24H40N3O19P. The van der Waals surface area contributed by atoms with Crippen molar-refractivity contribution in [2.45, 2.75) is 120 Å². The zero-order chi connectivity index (χ0) is 35.5. The van der Waals surface area contributed by atoms with Crippen LogP contribution in [0, 0.1) is 0 Å². The average Bonchev–Trinajstić information content (AvgIpc) is 2.94. The number of carboxylic acids is 1. The van der Waals surface area contributed by atoms with Crippen molar-refractivity contribution in [3.8, 4) is 0 Å². The Morgan fingerprint density at radius 3 is 1.68 bits per heavy atom. The molecule has 3 fully saturated rings. The fourth-order valence-corrected chi connectivity index (χ4v) is 5.89. The highest BCUT2D eigenvalue weighted by molar-refractivity contribution is 7.46. The van der Waals surface area contributed by atoms with Crippen molar-refractivity contribution in [2.75, 3.05) is 6.61 Å². The van der Waals surface area contributed by atoms with Crippen LogP contribution < -0.4 is 16.0 Å². The number of carboxylic acid groups (broad SMARTS) is 1. The summed E-state index contributed by atoms with van der Waals surface area (Å²) in [6.45, 7) is 3.59. The molecule has 0 aromatic rings. The number of amides is 3. The zero-order valence-electron chi connectivity index (χ0n) is 25.4. The van der Waals surface area contributed by atoms with E-state index in [1.54, 1.807) is 0 Å². The maximum Gasteiger partial charge on any atom is 0.472 e. The summed E-state index contributed by atoms with van der Waals surface area (Å²) in [4.78, 5) is 66.3. The van der Waals surface area contributed by atoms with Crippen molar-refractivity contribution in [1.82, 2.24) is 16.0 Å². The number of phosphoric ester groups is 1. The van der Waals surface area contributed by atoms with Gasteiger partial charge in [-0.3, -0.25) is 18.9 Å². The highest BCUT2D eigenvalue weighted by Gasteiger charge is 2.56. The number of rotatable bonds is 11. The number of phosphoric acid groups is 1. The van der Waals surface area contributed by atoms with Crippen LogP contribution in [-0.2, 0) is 52.0 Å². The molecule has 0 aromatic heterocycles. The second kappa shape index (κ2) is 15.9. The lowest BCUT2D eigenvalue weighted by atomic mass is 9.93. The molecule has 3 aliphatic heterocycles. The van der Waals surface area contributed by atoms with Crippen LogP contribution in [0.25, 0.3) is 0 Å². The molecule has 22 nitrogen and oxygen atoms in total. The minimum absolute atomic E-state index is 0.549. The van der Waals surface area contributed by atoms with Crippen LogP contribution in [0.2, 0.25) is 0 Å². The van der Waals surface area contributed by atoms with Crippen LogP contribution in [0.15, 0.2) is 0 Å². The van der Waals surface area contributed by atoms with E-state index < -0.39 is 130 Å². The number of carbonyl (C=O) groups is 4. The fourth-order valence-electron chi connectivity index (χ4n) is 5.44. The lowest BCUT2D eigenvalue weighted by Crippen LogP contribution is -2.71. The molecule has 15 atom stereocenters. The molecule has 0 spiro atoms. The number of hydrogen-bond acceptors (Lipinski definition) is 16. The Bertz CT molecular complexity index is 1190. The summed E-state index contributed by atoms with van der Waals surface area (Å²) in [5.74, 6) is -3.93. The molecule has 23 heteroatoms. The topological polar surface area (TPSA) is 339 Å². The molecule has 0 aromatic carbocycles. The van der Waals surface area contributed by atoms with E-state index in [1.807, 2.05) is 0 Å². The van der Waals surface area contributed by atoms with Gasteiger partial charge in [0.25, 0.3) is 0 Å². The van der Waals surface area contributed by atoms with Crippen LogP contribution in [-0.4, -0.2) is 163 Å². The maximum absolute atomic E-state index is 12.3. The molecule has 3 rings (SSSR count). The van der Waals surface area contributed by atoms with Gasteiger partial charge in [0.1, 0.15) is 54.8 Å². The Balaban J connectivity index is 1.91. The summed E-state index contributed by atoms with van der Waals surface area (Å²) in [6, 6.07) is -4.54. The highest BCUT2D eigenvalue weighted by atomic mass is 31.2. The third-order valence-electron chi connectivity index (χ3n) is 7.46. The summed E-state index contributed by atoms with van der Waals surface area (Å²) < 4.78 is 43.8. The van der Waals surface area contributed by atoms with E-state index in [2.05, 4.69) is 20.5 Å². The average molecular weight is 706 g/mol. The van der Waals surface area contributed by atoms with Gasteiger partial charge in [0, 0.05) is 20.8 Å². The SMILES string of the molecule is CC(=O)N[C@@H]1[C@H](O[C@H]2[C@H](O)[C@@H](NC(C)=O)[C@@H](OP(=O)(O)O)O[C@@H]2CO)O[C@H](C(=O)O)[C@@H](O[C@H]2O[C@H](C)[C@H](NC(C)=O)[C@H](O)[C@H]2O)[C@@H]1O. The lowest BCUT2D eigenvalue weighted by Gasteiger charge is -2.49. The van der Waals surface area contributed by atoms with Gasteiger partial charge in [-0.05, 0) is 6.92 Å². The monoisotopic (exact) mass is 705 g/mol. The van der Waals surface area contributed by atoms with Crippen LogP contribution in [0.3, 0.4) is 0 Å². The molecule has 3 saturated heterocycles. The van der Waals surface area contributed by atoms with Gasteiger partial charge in [0.05, 0.1) is 18.8 Å². The number of ether oxygens (including phenoxy) is 5. The molecule has 11 N–H and O–H groups in total. The maximum atomic E-state index is 12.3.